The van der Waals surface area contributed by atoms with Crippen LogP contribution in [0.5, 0.6) is 0 Å². The number of aliphatic carboxylic acids is 1. The van der Waals surface area contributed by atoms with Crippen molar-refractivity contribution in [3.05, 3.63) is 17.5 Å². The zero-order valence-corrected chi connectivity index (χ0v) is 6.75. The molecule has 13 heavy (non-hydrogen) atoms. The molecule has 1 aromatic heterocycles. The number of hydrogen-bond acceptors (Lipinski definition) is 3. The fraction of sp³-hybridized carbons (Fsp3) is 0.429. The highest BCUT2D eigenvalue weighted by atomic mass is 19.3. The summed E-state index contributed by atoms with van der Waals surface area (Å²) in [5, 5.41) is 11.2. The average molecular weight is 191 g/mol. The van der Waals surface area contributed by atoms with Gasteiger partial charge < -0.3 is 9.63 Å². The highest BCUT2D eigenvalue weighted by Gasteiger charge is 2.37. The molecule has 1 rings (SSSR count). The molecule has 0 aliphatic carbocycles. The third-order valence-corrected chi connectivity index (χ3v) is 1.38. The molecule has 4 nitrogen and oxygen atoms in total. The van der Waals surface area contributed by atoms with E-state index in [2.05, 4.69) is 9.68 Å². The summed E-state index contributed by atoms with van der Waals surface area (Å²) in [6.45, 7) is 1.45. The van der Waals surface area contributed by atoms with Gasteiger partial charge in [0.15, 0.2) is 5.69 Å². The number of hydrogen-bond donors (Lipinski definition) is 1. The van der Waals surface area contributed by atoms with Gasteiger partial charge >= 0.3 is 11.9 Å². The van der Waals surface area contributed by atoms with Gasteiger partial charge in [-0.25, -0.2) is 0 Å². The molecule has 0 radical (unpaired) electrons. The summed E-state index contributed by atoms with van der Waals surface area (Å²) in [5.74, 6) is -4.82. The lowest BCUT2D eigenvalue weighted by molar-refractivity contribution is -0.145. The fourth-order valence-electron chi connectivity index (χ4n) is 0.819. The molecular formula is C7H7F2NO3. The van der Waals surface area contributed by atoms with Crippen LogP contribution < -0.4 is 0 Å². The number of carbonyl (C=O) groups is 1. The first-order valence-corrected chi connectivity index (χ1v) is 3.45. The van der Waals surface area contributed by atoms with Gasteiger partial charge in [-0.1, -0.05) is 5.16 Å². The van der Waals surface area contributed by atoms with E-state index < -0.39 is 24.0 Å². The zero-order chi connectivity index (χ0) is 10.1. The Bertz CT molecular complexity index is 321. The molecule has 1 aromatic rings. The summed E-state index contributed by atoms with van der Waals surface area (Å²) in [6, 6.07) is 1.02. The Kier molecular flexibility index (Phi) is 2.31. The lowest BCUT2D eigenvalue weighted by atomic mass is 10.1. The van der Waals surface area contributed by atoms with Crippen molar-refractivity contribution < 1.29 is 23.2 Å². The van der Waals surface area contributed by atoms with Crippen LogP contribution in [0.2, 0.25) is 0 Å². The number of halogens is 2. The van der Waals surface area contributed by atoms with Crippen molar-refractivity contribution in [3.63, 3.8) is 0 Å². The number of aromatic nitrogens is 1. The van der Waals surface area contributed by atoms with Gasteiger partial charge in [0.1, 0.15) is 12.2 Å². The fourth-order valence-corrected chi connectivity index (χ4v) is 0.819. The van der Waals surface area contributed by atoms with Crippen LogP contribution in [0.3, 0.4) is 0 Å². The molecule has 0 fully saturated rings. The highest BCUT2D eigenvalue weighted by molar-refractivity contribution is 5.68. The van der Waals surface area contributed by atoms with Crippen LogP contribution in [-0.2, 0) is 10.7 Å². The van der Waals surface area contributed by atoms with Crippen molar-refractivity contribution >= 4 is 5.97 Å². The van der Waals surface area contributed by atoms with Gasteiger partial charge in [0.2, 0.25) is 0 Å². The lowest BCUT2D eigenvalue weighted by Gasteiger charge is -2.08. The number of alkyl halides is 2. The van der Waals surface area contributed by atoms with E-state index in [1.54, 1.807) is 0 Å². The molecule has 1 N–H and O–H groups in total. The van der Waals surface area contributed by atoms with Crippen LogP contribution in [0.1, 0.15) is 17.9 Å². The van der Waals surface area contributed by atoms with Crippen LogP contribution in [0.4, 0.5) is 8.78 Å². The van der Waals surface area contributed by atoms with Gasteiger partial charge in [-0.2, -0.15) is 8.78 Å². The summed E-state index contributed by atoms with van der Waals surface area (Å²) >= 11 is 0. The van der Waals surface area contributed by atoms with E-state index in [1.165, 1.54) is 6.92 Å². The first-order valence-electron chi connectivity index (χ1n) is 3.45. The molecule has 0 amide bonds. The molecule has 1 heterocycles. The maximum absolute atomic E-state index is 12.9. The molecule has 0 aliphatic rings. The Hall–Kier alpha value is -1.46. The zero-order valence-electron chi connectivity index (χ0n) is 6.75. The van der Waals surface area contributed by atoms with Crippen LogP contribution in [0.25, 0.3) is 0 Å². The third kappa shape index (κ3) is 2.24. The van der Waals surface area contributed by atoms with Crippen molar-refractivity contribution in [2.45, 2.75) is 19.3 Å². The topological polar surface area (TPSA) is 63.3 Å². The van der Waals surface area contributed by atoms with Crippen molar-refractivity contribution in [3.8, 4) is 0 Å². The second kappa shape index (κ2) is 3.12. The van der Waals surface area contributed by atoms with Crippen LogP contribution in [0, 0.1) is 6.92 Å². The number of nitrogens with zero attached hydrogens (tertiary/aromatic N) is 1. The molecule has 0 saturated carbocycles. The Balaban J connectivity index is 2.86. The Labute approximate surface area is 72.1 Å². The Morgan fingerprint density at radius 2 is 2.38 bits per heavy atom. The standard InChI is InChI=1S/C7H7F2NO3/c1-4-2-5(10-13-4)7(8,9)3-6(11)12/h2H,3H2,1H3,(H,11,12). The summed E-state index contributed by atoms with van der Waals surface area (Å²) in [4.78, 5) is 10.1. The van der Waals surface area contributed by atoms with Crippen LogP contribution in [0.15, 0.2) is 10.6 Å². The van der Waals surface area contributed by atoms with Gasteiger partial charge in [0, 0.05) is 6.07 Å². The summed E-state index contributed by atoms with van der Waals surface area (Å²) in [6.07, 6.45) is -1.28. The van der Waals surface area contributed by atoms with E-state index in [4.69, 9.17) is 5.11 Å². The van der Waals surface area contributed by atoms with Crippen molar-refractivity contribution in [2.75, 3.05) is 0 Å². The lowest BCUT2D eigenvalue weighted by Crippen LogP contribution is -2.18. The maximum Gasteiger partial charge on any atom is 0.309 e. The maximum atomic E-state index is 12.9. The smallest absolute Gasteiger partial charge is 0.309 e. The number of rotatable bonds is 3. The molecule has 0 unspecified atom stereocenters. The second-order valence-corrected chi connectivity index (χ2v) is 2.60. The van der Waals surface area contributed by atoms with Gasteiger partial charge in [-0.15, -0.1) is 0 Å². The van der Waals surface area contributed by atoms with Crippen LogP contribution in [-0.4, -0.2) is 16.2 Å². The van der Waals surface area contributed by atoms with Gasteiger partial charge in [0.25, 0.3) is 0 Å². The normalized spacial score (nSPS) is 11.6. The Morgan fingerprint density at radius 3 is 2.77 bits per heavy atom. The largest absolute Gasteiger partial charge is 0.481 e. The van der Waals surface area contributed by atoms with E-state index in [0.717, 1.165) is 6.07 Å². The van der Waals surface area contributed by atoms with E-state index in [0.29, 0.717) is 0 Å². The third-order valence-electron chi connectivity index (χ3n) is 1.38. The molecule has 72 valence electrons. The van der Waals surface area contributed by atoms with E-state index in [-0.39, 0.29) is 5.76 Å². The number of carboxylic acid groups (broad SMARTS) is 1. The molecule has 6 heteroatoms. The highest BCUT2D eigenvalue weighted by Crippen LogP contribution is 2.30. The Morgan fingerprint density at radius 1 is 1.77 bits per heavy atom. The van der Waals surface area contributed by atoms with Gasteiger partial charge in [-0.05, 0) is 6.92 Å². The quantitative estimate of drug-likeness (QED) is 0.787. The van der Waals surface area contributed by atoms with Gasteiger partial charge in [0.05, 0.1) is 0 Å². The predicted octanol–water partition coefficient (Wildman–Crippen LogP) is 1.55. The summed E-state index contributed by atoms with van der Waals surface area (Å²) in [7, 11) is 0. The minimum Gasteiger partial charge on any atom is -0.481 e. The number of carboxylic acids is 1. The van der Waals surface area contributed by atoms with E-state index in [1.807, 2.05) is 0 Å². The molecule has 0 aromatic carbocycles. The minimum absolute atomic E-state index is 0.222. The minimum atomic E-state index is -3.47. The second-order valence-electron chi connectivity index (χ2n) is 2.60. The average Bonchev–Trinajstić information content (AvgIpc) is 2.32. The molecule has 0 atom stereocenters. The van der Waals surface area contributed by atoms with Gasteiger partial charge in [-0.3, -0.25) is 4.79 Å². The first kappa shape index (κ1) is 9.63. The molecular weight excluding hydrogens is 184 g/mol. The molecule has 0 aliphatic heterocycles. The van der Waals surface area contributed by atoms with Crippen molar-refractivity contribution in [1.82, 2.24) is 5.16 Å². The summed E-state index contributed by atoms with van der Waals surface area (Å²) < 4.78 is 30.2. The van der Waals surface area contributed by atoms with E-state index in [9.17, 15) is 13.6 Å². The first-order chi connectivity index (χ1) is 5.92. The van der Waals surface area contributed by atoms with E-state index >= 15 is 0 Å². The molecule has 0 bridgehead atoms. The molecule has 0 saturated heterocycles. The SMILES string of the molecule is Cc1cc(C(F)(F)CC(=O)O)no1. The number of aryl methyl sites for hydroxylation is 1. The predicted molar refractivity (Wildman–Crippen MR) is 37.4 cm³/mol. The van der Waals surface area contributed by atoms with Crippen molar-refractivity contribution in [1.29, 1.82) is 0 Å². The van der Waals surface area contributed by atoms with Crippen molar-refractivity contribution in [2.24, 2.45) is 0 Å². The summed E-state index contributed by atoms with van der Waals surface area (Å²) in [5.41, 5.74) is -0.646. The monoisotopic (exact) mass is 191 g/mol. The van der Waals surface area contributed by atoms with Crippen LogP contribution >= 0.6 is 0 Å². The molecule has 0 spiro atoms.